The number of amides is 2. The van der Waals surface area contributed by atoms with E-state index in [1.165, 1.54) is 0 Å². The fourth-order valence-electron chi connectivity index (χ4n) is 4.28. The van der Waals surface area contributed by atoms with Gasteiger partial charge in [0, 0.05) is 18.5 Å². The monoisotopic (exact) mass is 492 g/mol. The van der Waals surface area contributed by atoms with E-state index < -0.39 is 49.1 Å². The van der Waals surface area contributed by atoms with Crippen LogP contribution in [-0.2, 0) is 14.3 Å². The molecule has 0 aromatic heterocycles. The second-order valence-corrected chi connectivity index (χ2v) is 8.39. The van der Waals surface area contributed by atoms with Gasteiger partial charge < -0.3 is 20.5 Å². The minimum absolute atomic E-state index is 0.0834. The Balaban J connectivity index is 1.61. The van der Waals surface area contributed by atoms with Gasteiger partial charge in [0.05, 0.1) is 6.42 Å². The summed E-state index contributed by atoms with van der Waals surface area (Å²) in [6.45, 7) is 0.610. The fraction of sp³-hybridized carbons (Fsp3) is 0.400. The van der Waals surface area contributed by atoms with Crippen LogP contribution in [0.1, 0.15) is 43.2 Å². The first-order valence-corrected chi connectivity index (χ1v) is 11.3. The summed E-state index contributed by atoms with van der Waals surface area (Å²) in [5.74, 6) is -5.43. The number of alkyl carbamates (subject to hydrolysis) is 1. The highest BCUT2D eigenvalue weighted by molar-refractivity contribution is 5.82. The summed E-state index contributed by atoms with van der Waals surface area (Å²) in [6.07, 6.45) is -5.83. The molecule has 2 atom stereocenters. The molecule has 1 aliphatic rings. The van der Waals surface area contributed by atoms with Crippen molar-refractivity contribution in [3.05, 3.63) is 59.7 Å². The third kappa shape index (κ3) is 6.52. The number of halogens is 3. The van der Waals surface area contributed by atoms with Crippen molar-refractivity contribution in [3.63, 3.8) is 0 Å². The van der Waals surface area contributed by atoms with E-state index in [2.05, 4.69) is 5.32 Å². The van der Waals surface area contributed by atoms with E-state index in [4.69, 9.17) is 9.84 Å². The summed E-state index contributed by atoms with van der Waals surface area (Å²) in [6, 6.07) is 14.3. The first-order valence-electron chi connectivity index (χ1n) is 11.3. The molecule has 2 aromatic rings. The van der Waals surface area contributed by atoms with Crippen molar-refractivity contribution >= 4 is 18.0 Å². The minimum atomic E-state index is -4.94. The number of carboxylic acids is 1. The molecule has 0 bridgehead atoms. The van der Waals surface area contributed by atoms with Crippen LogP contribution in [0, 0.1) is 5.92 Å². The molecule has 3 N–H and O–H groups in total. The highest BCUT2D eigenvalue weighted by Crippen LogP contribution is 2.44. The van der Waals surface area contributed by atoms with Crippen molar-refractivity contribution in [3.8, 4) is 11.1 Å². The molecule has 3 rings (SSSR count). The molecular formula is C25H27F3N2O5. The first kappa shape index (κ1) is 26.1. The Bertz CT molecular complexity index is 1030. The van der Waals surface area contributed by atoms with Gasteiger partial charge in [0.15, 0.2) is 5.92 Å². The van der Waals surface area contributed by atoms with Crippen molar-refractivity contribution in [1.29, 1.82) is 0 Å². The number of benzene rings is 2. The molecule has 0 spiro atoms. The highest BCUT2D eigenvalue weighted by Gasteiger charge is 2.45. The number of carbonyl (C=O) groups is 3. The Hall–Kier alpha value is -3.56. The number of ether oxygens (including phenoxy) is 1. The molecule has 7 nitrogen and oxygen atoms in total. The second-order valence-electron chi connectivity index (χ2n) is 8.39. The maximum absolute atomic E-state index is 13.5. The Morgan fingerprint density at radius 1 is 1.03 bits per heavy atom. The minimum Gasteiger partial charge on any atom is -0.481 e. The van der Waals surface area contributed by atoms with Gasteiger partial charge in [-0.05, 0) is 28.7 Å². The average molecular weight is 492 g/mol. The van der Waals surface area contributed by atoms with Crippen LogP contribution in [0.15, 0.2) is 48.5 Å². The molecule has 0 fully saturated rings. The zero-order valence-electron chi connectivity index (χ0n) is 19.1. The molecule has 0 saturated carbocycles. The van der Waals surface area contributed by atoms with E-state index in [0.29, 0.717) is 6.42 Å². The summed E-state index contributed by atoms with van der Waals surface area (Å²) in [7, 11) is 0. The third-order valence-electron chi connectivity index (χ3n) is 5.91. The van der Waals surface area contributed by atoms with E-state index in [1.54, 1.807) is 6.92 Å². The number of aliphatic carboxylic acids is 1. The van der Waals surface area contributed by atoms with Crippen LogP contribution in [-0.4, -0.2) is 48.4 Å². The molecule has 1 unspecified atom stereocenters. The lowest BCUT2D eigenvalue weighted by Crippen LogP contribution is -2.49. The molecule has 1 aliphatic carbocycles. The summed E-state index contributed by atoms with van der Waals surface area (Å²) in [4.78, 5) is 35.5. The zero-order chi connectivity index (χ0) is 25.6. The topological polar surface area (TPSA) is 105 Å². The van der Waals surface area contributed by atoms with Crippen molar-refractivity contribution < 1.29 is 37.4 Å². The van der Waals surface area contributed by atoms with E-state index in [1.807, 2.05) is 53.8 Å². The maximum atomic E-state index is 13.5. The predicted octanol–water partition coefficient (Wildman–Crippen LogP) is 4.46. The van der Waals surface area contributed by atoms with Crippen molar-refractivity contribution in [2.24, 2.45) is 5.92 Å². The normalized spacial score (nSPS) is 14.4. The Morgan fingerprint density at radius 3 is 2.11 bits per heavy atom. The summed E-state index contributed by atoms with van der Waals surface area (Å²) in [5.41, 5.74) is 3.92. The summed E-state index contributed by atoms with van der Waals surface area (Å²) in [5, 5.41) is 13.1. The number of fused-ring (bicyclic) bond motifs is 3. The van der Waals surface area contributed by atoms with E-state index in [-0.39, 0.29) is 18.9 Å². The van der Waals surface area contributed by atoms with Crippen molar-refractivity contribution in [2.45, 2.75) is 44.3 Å². The molecule has 0 heterocycles. The first-order chi connectivity index (χ1) is 16.6. The lowest BCUT2D eigenvalue weighted by molar-refractivity contribution is -0.181. The van der Waals surface area contributed by atoms with Gasteiger partial charge in [0.1, 0.15) is 6.61 Å². The molecule has 35 heavy (non-hydrogen) atoms. The van der Waals surface area contributed by atoms with Crippen LogP contribution >= 0.6 is 0 Å². The number of nitrogens with one attached hydrogen (secondary N) is 2. The van der Waals surface area contributed by atoms with Crippen LogP contribution in [0.2, 0.25) is 0 Å². The largest absolute Gasteiger partial charge is 0.481 e. The predicted molar refractivity (Wildman–Crippen MR) is 122 cm³/mol. The molecule has 10 heteroatoms. The van der Waals surface area contributed by atoms with Crippen LogP contribution in [0.5, 0.6) is 0 Å². The second kappa shape index (κ2) is 11.2. The highest BCUT2D eigenvalue weighted by atomic mass is 19.4. The quantitative estimate of drug-likeness (QED) is 0.454. The van der Waals surface area contributed by atoms with Gasteiger partial charge >= 0.3 is 18.2 Å². The van der Waals surface area contributed by atoms with Gasteiger partial charge in [-0.2, -0.15) is 13.2 Å². The van der Waals surface area contributed by atoms with Crippen LogP contribution in [0.25, 0.3) is 11.1 Å². The number of carbonyl (C=O) groups excluding carboxylic acids is 2. The van der Waals surface area contributed by atoms with Gasteiger partial charge in [-0.1, -0.05) is 61.9 Å². The van der Waals surface area contributed by atoms with Gasteiger partial charge in [0.2, 0.25) is 5.91 Å². The zero-order valence-corrected chi connectivity index (χ0v) is 19.1. The molecule has 0 saturated heterocycles. The lowest BCUT2D eigenvalue weighted by Gasteiger charge is -2.23. The number of rotatable bonds is 10. The van der Waals surface area contributed by atoms with Crippen molar-refractivity contribution in [2.75, 3.05) is 13.2 Å². The SMILES string of the molecule is CCC[C@@H](CC(=O)O)NC(=O)C(CNC(=O)OCC1c2ccccc2-c2ccccc21)C(F)(F)F. The molecule has 188 valence electrons. The lowest BCUT2D eigenvalue weighted by atomic mass is 9.98. The summed E-state index contributed by atoms with van der Waals surface area (Å²) < 4.78 is 45.8. The van der Waals surface area contributed by atoms with Gasteiger partial charge in [-0.25, -0.2) is 4.79 Å². The molecule has 2 amide bonds. The Kier molecular flexibility index (Phi) is 8.37. The number of hydrogen-bond donors (Lipinski definition) is 3. The smallest absolute Gasteiger partial charge is 0.407 e. The molecule has 0 aliphatic heterocycles. The fourth-order valence-corrected chi connectivity index (χ4v) is 4.28. The van der Waals surface area contributed by atoms with Crippen LogP contribution < -0.4 is 10.6 Å². The molecular weight excluding hydrogens is 465 g/mol. The Morgan fingerprint density at radius 2 is 1.60 bits per heavy atom. The average Bonchev–Trinajstić information content (AvgIpc) is 3.10. The van der Waals surface area contributed by atoms with E-state index >= 15 is 0 Å². The third-order valence-corrected chi connectivity index (χ3v) is 5.91. The maximum Gasteiger partial charge on any atom is 0.407 e. The van der Waals surface area contributed by atoms with Gasteiger partial charge in [-0.3, -0.25) is 9.59 Å². The van der Waals surface area contributed by atoms with Gasteiger partial charge in [0.25, 0.3) is 0 Å². The van der Waals surface area contributed by atoms with E-state index in [0.717, 1.165) is 22.3 Å². The standard InChI is InChI=1S/C25H27F3N2O5/c1-2-7-15(12-22(31)32)30-23(33)21(25(26,27)28)13-29-24(34)35-14-20-18-10-5-3-8-16(18)17-9-4-6-11-19(17)20/h3-6,8-11,15,20-21H,2,7,12-14H2,1H3,(H,29,34)(H,30,33)(H,31,32)/t15-,21?/m0/s1. The number of hydrogen-bond acceptors (Lipinski definition) is 4. The van der Waals surface area contributed by atoms with Crippen molar-refractivity contribution in [1.82, 2.24) is 10.6 Å². The molecule has 2 aromatic carbocycles. The number of carboxylic acid groups (broad SMARTS) is 1. The van der Waals surface area contributed by atoms with Crippen LogP contribution in [0.4, 0.5) is 18.0 Å². The number of alkyl halides is 3. The Labute approximate surface area is 200 Å². The summed E-state index contributed by atoms with van der Waals surface area (Å²) >= 11 is 0. The molecule has 0 radical (unpaired) electrons. The van der Waals surface area contributed by atoms with E-state index in [9.17, 15) is 27.6 Å². The van der Waals surface area contributed by atoms with Gasteiger partial charge in [-0.15, -0.1) is 0 Å². The van der Waals surface area contributed by atoms with Crippen LogP contribution in [0.3, 0.4) is 0 Å².